The van der Waals surface area contributed by atoms with E-state index in [-0.39, 0.29) is 0 Å². The number of hydrogen-bond donors (Lipinski definition) is 0. The molecule has 1 aliphatic rings. The van der Waals surface area contributed by atoms with Crippen LogP contribution < -0.4 is 0 Å². The van der Waals surface area contributed by atoms with Crippen LogP contribution in [0.25, 0.3) is 0 Å². The number of likely N-dealkylation sites (tertiary alicyclic amines) is 1. The van der Waals surface area contributed by atoms with Crippen molar-refractivity contribution in [3.05, 3.63) is 27.2 Å². The van der Waals surface area contributed by atoms with Crippen LogP contribution in [0.3, 0.4) is 0 Å². The summed E-state index contributed by atoms with van der Waals surface area (Å²) in [5.41, 5.74) is 0.691. The third-order valence-corrected chi connectivity index (χ3v) is 3.84. The second kappa shape index (κ2) is 5.47. The average Bonchev–Trinajstić information content (AvgIpc) is 2.73. The van der Waals surface area contributed by atoms with Gasteiger partial charge in [-0.15, -0.1) is 0 Å². The van der Waals surface area contributed by atoms with Gasteiger partial charge in [-0.3, -0.25) is 0 Å². The summed E-state index contributed by atoms with van der Waals surface area (Å²) in [5.74, 6) is 1.08. The number of benzene rings is 1. The minimum absolute atomic E-state index is 0.458. The molecule has 2 rings (SSSR count). The Balaban J connectivity index is 2.35. The molecule has 1 aromatic carbocycles. The zero-order chi connectivity index (χ0) is 12.4. The fourth-order valence-corrected chi connectivity index (χ4v) is 2.50. The molecule has 0 N–H and O–H groups in total. The molecular formula is C12H13Cl3N2. The van der Waals surface area contributed by atoms with Crippen molar-refractivity contribution in [3.63, 3.8) is 0 Å². The molecule has 0 aromatic heterocycles. The van der Waals surface area contributed by atoms with Gasteiger partial charge in [0.05, 0.1) is 20.8 Å². The third kappa shape index (κ3) is 2.87. The second-order valence-electron chi connectivity index (χ2n) is 3.93. The van der Waals surface area contributed by atoms with Crippen molar-refractivity contribution in [1.29, 1.82) is 0 Å². The third-order valence-electron chi connectivity index (χ3n) is 2.81. The molecule has 1 aliphatic heterocycles. The van der Waals surface area contributed by atoms with Gasteiger partial charge in [-0.1, -0.05) is 34.8 Å². The molecule has 0 aliphatic carbocycles. The number of hydrogen-bond acceptors (Lipinski definition) is 1. The highest BCUT2D eigenvalue weighted by Crippen LogP contribution is 2.34. The molecule has 0 bridgehead atoms. The van der Waals surface area contributed by atoms with Gasteiger partial charge in [0.1, 0.15) is 5.84 Å². The van der Waals surface area contributed by atoms with E-state index in [1.54, 1.807) is 12.1 Å². The predicted molar refractivity (Wildman–Crippen MR) is 75.0 cm³/mol. The first kappa shape index (κ1) is 13.0. The second-order valence-corrected chi connectivity index (χ2v) is 5.15. The Bertz CT molecular complexity index is 457. The van der Waals surface area contributed by atoms with Gasteiger partial charge < -0.3 is 4.90 Å². The fraction of sp³-hybridized carbons (Fsp3) is 0.417. The molecule has 17 heavy (non-hydrogen) atoms. The minimum atomic E-state index is 0.458. The summed E-state index contributed by atoms with van der Waals surface area (Å²) >= 11 is 18.0. The van der Waals surface area contributed by atoms with Crippen molar-refractivity contribution in [2.75, 3.05) is 13.1 Å². The van der Waals surface area contributed by atoms with Crippen LogP contribution in [0.15, 0.2) is 17.1 Å². The quantitative estimate of drug-likeness (QED) is 0.715. The molecule has 1 fully saturated rings. The van der Waals surface area contributed by atoms with E-state index in [2.05, 4.69) is 16.8 Å². The van der Waals surface area contributed by atoms with E-state index in [9.17, 15) is 0 Å². The Hall–Kier alpha value is -0.440. The predicted octanol–water partition coefficient (Wildman–Crippen LogP) is 4.79. The summed E-state index contributed by atoms with van der Waals surface area (Å²) in [6, 6.07) is 3.35. The molecule has 1 saturated heterocycles. The van der Waals surface area contributed by atoms with Crippen molar-refractivity contribution < 1.29 is 0 Å². The van der Waals surface area contributed by atoms with E-state index in [1.165, 1.54) is 0 Å². The highest BCUT2D eigenvalue weighted by molar-refractivity contribution is 6.44. The Labute approximate surface area is 116 Å². The first-order chi connectivity index (χ1) is 8.11. The molecule has 2 nitrogen and oxygen atoms in total. The summed E-state index contributed by atoms with van der Waals surface area (Å²) < 4.78 is 0. The summed E-state index contributed by atoms with van der Waals surface area (Å²) in [6.45, 7) is 4.16. The van der Waals surface area contributed by atoms with Crippen LogP contribution in [0.1, 0.15) is 19.8 Å². The lowest BCUT2D eigenvalue weighted by Gasteiger charge is -2.16. The molecule has 92 valence electrons. The summed E-state index contributed by atoms with van der Waals surface area (Å²) in [4.78, 5) is 6.83. The molecule has 0 atom stereocenters. The molecule has 0 unspecified atom stereocenters. The van der Waals surface area contributed by atoms with Crippen LogP contribution in [0.4, 0.5) is 5.69 Å². The number of rotatable bonds is 2. The van der Waals surface area contributed by atoms with Crippen molar-refractivity contribution >= 4 is 46.3 Å². The zero-order valence-electron chi connectivity index (χ0n) is 9.51. The standard InChI is InChI=1S/C12H13Cl3N2/c1-2-17-5-3-4-12(17)16-11-7-9(14)8(13)6-10(11)15/h6-7H,2-5H2,1H3. The van der Waals surface area contributed by atoms with E-state index in [1.807, 2.05) is 0 Å². The van der Waals surface area contributed by atoms with Gasteiger partial charge in [-0.2, -0.15) is 0 Å². The van der Waals surface area contributed by atoms with Crippen LogP contribution >= 0.6 is 34.8 Å². The van der Waals surface area contributed by atoms with Crippen LogP contribution in [0.2, 0.25) is 15.1 Å². The molecule has 0 saturated carbocycles. The van der Waals surface area contributed by atoms with E-state index in [0.717, 1.165) is 31.8 Å². The average molecular weight is 292 g/mol. The Morgan fingerprint density at radius 2 is 1.88 bits per heavy atom. The highest BCUT2D eigenvalue weighted by Gasteiger charge is 2.17. The van der Waals surface area contributed by atoms with Gasteiger partial charge in [0.2, 0.25) is 0 Å². The lowest BCUT2D eigenvalue weighted by Crippen LogP contribution is -2.23. The summed E-state index contributed by atoms with van der Waals surface area (Å²) in [7, 11) is 0. The summed E-state index contributed by atoms with van der Waals surface area (Å²) in [6.07, 6.45) is 2.13. The first-order valence-corrected chi connectivity index (χ1v) is 6.72. The smallest absolute Gasteiger partial charge is 0.105 e. The molecule has 0 radical (unpaired) electrons. The van der Waals surface area contributed by atoms with Crippen LogP contribution in [-0.2, 0) is 0 Å². The first-order valence-electron chi connectivity index (χ1n) is 5.59. The topological polar surface area (TPSA) is 15.6 Å². The minimum Gasteiger partial charge on any atom is -0.360 e. The van der Waals surface area contributed by atoms with Gasteiger partial charge in [0.25, 0.3) is 0 Å². The van der Waals surface area contributed by atoms with Crippen molar-refractivity contribution in [2.45, 2.75) is 19.8 Å². The molecule has 5 heteroatoms. The van der Waals surface area contributed by atoms with Crippen molar-refractivity contribution in [3.8, 4) is 0 Å². The molecule has 0 amide bonds. The molecule has 1 heterocycles. The van der Waals surface area contributed by atoms with Gasteiger partial charge in [0, 0.05) is 19.5 Å². The zero-order valence-corrected chi connectivity index (χ0v) is 11.8. The highest BCUT2D eigenvalue weighted by atomic mass is 35.5. The van der Waals surface area contributed by atoms with Gasteiger partial charge in [0.15, 0.2) is 0 Å². The van der Waals surface area contributed by atoms with Gasteiger partial charge >= 0.3 is 0 Å². The SMILES string of the molecule is CCN1CCCC1=Nc1cc(Cl)c(Cl)cc1Cl. The van der Waals surface area contributed by atoms with E-state index in [4.69, 9.17) is 34.8 Å². The van der Waals surface area contributed by atoms with Crippen LogP contribution in [0, 0.1) is 0 Å². The van der Waals surface area contributed by atoms with Crippen LogP contribution in [-0.4, -0.2) is 23.8 Å². The molecule has 1 aromatic rings. The Morgan fingerprint density at radius 3 is 2.59 bits per heavy atom. The maximum atomic E-state index is 6.10. The van der Waals surface area contributed by atoms with Gasteiger partial charge in [-0.05, 0) is 25.5 Å². The number of nitrogens with zero attached hydrogens (tertiary/aromatic N) is 2. The number of halogens is 3. The number of amidine groups is 1. The monoisotopic (exact) mass is 290 g/mol. The van der Waals surface area contributed by atoms with Gasteiger partial charge in [-0.25, -0.2) is 4.99 Å². The fourth-order valence-electron chi connectivity index (χ4n) is 1.92. The van der Waals surface area contributed by atoms with Crippen LogP contribution in [0.5, 0.6) is 0 Å². The molecular weight excluding hydrogens is 279 g/mol. The normalized spacial score (nSPS) is 18.1. The Kier molecular flexibility index (Phi) is 4.18. The van der Waals surface area contributed by atoms with E-state index in [0.29, 0.717) is 20.8 Å². The maximum absolute atomic E-state index is 6.10. The van der Waals surface area contributed by atoms with E-state index >= 15 is 0 Å². The molecule has 0 spiro atoms. The lowest BCUT2D eigenvalue weighted by molar-refractivity contribution is 0.479. The number of aliphatic imine (C=N–C) groups is 1. The van der Waals surface area contributed by atoms with E-state index < -0.39 is 0 Å². The summed E-state index contributed by atoms with van der Waals surface area (Å²) in [5, 5.41) is 1.48. The largest absolute Gasteiger partial charge is 0.360 e. The van der Waals surface area contributed by atoms with Crippen molar-refractivity contribution in [2.24, 2.45) is 4.99 Å². The lowest BCUT2D eigenvalue weighted by atomic mass is 10.3. The Morgan fingerprint density at radius 1 is 1.18 bits per heavy atom. The maximum Gasteiger partial charge on any atom is 0.105 e. The van der Waals surface area contributed by atoms with Crippen molar-refractivity contribution in [1.82, 2.24) is 4.90 Å².